The Bertz CT molecular complexity index is 341. The van der Waals surface area contributed by atoms with Gasteiger partial charge in [-0.15, -0.1) is 0 Å². The van der Waals surface area contributed by atoms with Crippen molar-refractivity contribution in [2.24, 2.45) is 5.73 Å². The molecule has 0 aliphatic carbocycles. The largest absolute Gasteiger partial charge is 0.337 e. The molecule has 82 valence electrons. The highest BCUT2D eigenvalue weighted by Crippen LogP contribution is 2.11. The first-order chi connectivity index (χ1) is 7.31. The second-order valence-electron chi connectivity index (χ2n) is 3.78. The first kappa shape index (κ1) is 10.2. The van der Waals surface area contributed by atoms with Gasteiger partial charge in [0.25, 0.3) is 5.91 Å². The number of amides is 1. The summed E-state index contributed by atoms with van der Waals surface area (Å²) in [4.78, 5) is 17.8. The first-order valence-electron chi connectivity index (χ1n) is 5.32. The summed E-state index contributed by atoms with van der Waals surface area (Å²) in [5.74, 6) is 0.0447. The Labute approximate surface area is 88.9 Å². The summed E-state index contributed by atoms with van der Waals surface area (Å²) in [6.45, 7) is 3.00. The fourth-order valence-corrected chi connectivity index (χ4v) is 1.82. The van der Waals surface area contributed by atoms with Gasteiger partial charge in [-0.25, -0.2) is 4.98 Å². The van der Waals surface area contributed by atoms with E-state index in [2.05, 4.69) is 4.98 Å². The van der Waals surface area contributed by atoms with Gasteiger partial charge in [0.2, 0.25) is 0 Å². The van der Waals surface area contributed by atoms with Gasteiger partial charge in [0, 0.05) is 32.4 Å². The Morgan fingerprint density at radius 3 is 2.87 bits per heavy atom. The summed E-state index contributed by atoms with van der Waals surface area (Å²) < 4.78 is 1.85. The maximum atomic E-state index is 11.9. The third kappa shape index (κ3) is 2.18. The van der Waals surface area contributed by atoms with E-state index in [1.165, 1.54) is 0 Å². The molecule has 0 atom stereocenters. The topological polar surface area (TPSA) is 64.2 Å². The standard InChI is InChI=1S/C10H16N4O/c11-3-6-13-7-9(12-8-13)10(15)14-4-1-2-5-14/h7-8H,1-6,11H2. The van der Waals surface area contributed by atoms with Gasteiger partial charge in [-0.3, -0.25) is 4.79 Å². The molecule has 5 nitrogen and oxygen atoms in total. The van der Waals surface area contributed by atoms with E-state index >= 15 is 0 Å². The fraction of sp³-hybridized carbons (Fsp3) is 0.600. The second-order valence-corrected chi connectivity index (χ2v) is 3.78. The van der Waals surface area contributed by atoms with Crippen molar-refractivity contribution in [3.05, 3.63) is 18.2 Å². The quantitative estimate of drug-likeness (QED) is 0.765. The van der Waals surface area contributed by atoms with Gasteiger partial charge in [0.15, 0.2) is 0 Å². The smallest absolute Gasteiger partial charge is 0.274 e. The molecular weight excluding hydrogens is 192 g/mol. The molecule has 1 aromatic heterocycles. The van der Waals surface area contributed by atoms with Gasteiger partial charge < -0.3 is 15.2 Å². The molecule has 1 saturated heterocycles. The number of carbonyl (C=O) groups is 1. The lowest BCUT2D eigenvalue weighted by Crippen LogP contribution is -2.27. The molecule has 1 aliphatic heterocycles. The molecule has 0 bridgehead atoms. The molecule has 1 aromatic rings. The van der Waals surface area contributed by atoms with Crippen molar-refractivity contribution in [1.29, 1.82) is 0 Å². The average Bonchev–Trinajstić information content (AvgIpc) is 2.87. The van der Waals surface area contributed by atoms with E-state index in [1.807, 2.05) is 9.47 Å². The number of carbonyl (C=O) groups excluding carboxylic acids is 1. The van der Waals surface area contributed by atoms with Crippen LogP contribution in [0.5, 0.6) is 0 Å². The molecule has 1 aliphatic rings. The minimum Gasteiger partial charge on any atom is -0.337 e. The van der Waals surface area contributed by atoms with Gasteiger partial charge in [0.1, 0.15) is 5.69 Å². The highest BCUT2D eigenvalue weighted by molar-refractivity contribution is 5.92. The maximum Gasteiger partial charge on any atom is 0.274 e. The zero-order valence-electron chi connectivity index (χ0n) is 8.72. The van der Waals surface area contributed by atoms with Crippen molar-refractivity contribution in [2.75, 3.05) is 19.6 Å². The summed E-state index contributed by atoms with van der Waals surface area (Å²) in [6, 6.07) is 0. The molecule has 2 N–H and O–H groups in total. The predicted molar refractivity (Wildman–Crippen MR) is 56.4 cm³/mol. The normalized spacial score (nSPS) is 15.9. The van der Waals surface area contributed by atoms with Crippen LogP contribution in [0.4, 0.5) is 0 Å². The maximum absolute atomic E-state index is 11.9. The summed E-state index contributed by atoms with van der Waals surface area (Å²) in [5, 5.41) is 0. The minimum atomic E-state index is 0.0447. The van der Waals surface area contributed by atoms with Crippen LogP contribution in [-0.4, -0.2) is 40.0 Å². The predicted octanol–water partition coefficient (Wildman–Crippen LogP) is 0.0778. The lowest BCUT2D eigenvalue weighted by atomic mass is 10.4. The Morgan fingerprint density at radius 1 is 1.47 bits per heavy atom. The van der Waals surface area contributed by atoms with Crippen LogP contribution in [0.3, 0.4) is 0 Å². The molecule has 0 unspecified atom stereocenters. The SMILES string of the molecule is NCCn1cnc(C(=O)N2CCCC2)c1. The number of hydrogen-bond donors (Lipinski definition) is 1. The molecule has 2 rings (SSSR count). The Kier molecular flexibility index (Phi) is 3.01. The second kappa shape index (κ2) is 4.44. The number of hydrogen-bond acceptors (Lipinski definition) is 3. The summed E-state index contributed by atoms with van der Waals surface area (Å²) in [5.41, 5.74) is 5.96. The van der Waals surface area contributed by atoms with Crippen molar-refractivity contribution in [2.45, 2.75) is 19.4 Å². The molecule has 5 heteroatoms. The van der Waals surface area contributed by atoms with Gasteiger partial charge in [-0.2, -0.15) is 0 Å². The summed E-state index contributed by atoms with van der Waals surface area (Å²) in [7, 11) is 0. The number of nitrogens with zero attached hydrogens (tertiary/aromatic N) is 3. The van der Waals surface area contributed by atoms with Gasteiger partial charge in [0.05, 0.1) is 6.33 Å². The number of nitrogens with two attached hydrogens (primary N) is 1. The molecule has 2 heterocycles. The van der Waals surface area contributed by atoms with Crippen LogP contribution in [0.25, 0.3) is 0 Å². The molecule has 1 amide bonds. The van der Waals surface area contributed by atoms with Crippen molar-refractivity contribution in [3.8, 4) is 0 Å². The third-order valence-corrected chi connectivity index (χ3v) is 2.63. The van der Waals surface area contributed by atoms with Crippen molar-refractivity contribution in [3.63, 3.8) is 0 Å². The van der Waals surface area contributed by atoms with Crippen molar-refractivity contribution in [1.82, 2.24) is 14.5 Å². The zero-order valence-corrected chi connectivity index (χ0v) is 8.72. The van der Waals surface area contributed by atoms with E-state index in [4.69, 9.17) is 5.73 Å². The highest BCUT2D eigenvalue weighted by Gasteiger charge is 2.20. The van der Waals surface area contributed by atoms with E-state index in [-0.39, 0.29) is 5.91 Å². The average molecular weight is 208 g/mol. The number of imidazole rings is 1. The van der Waals surface area contributed by atoms with Crippen LogP contribution in [0, 0.1) is 0 Å². The summed E-state index contributed by atoms with van der Waals surface area (Å²) >= 11 is 0. The molecule has 0 radical (unpaired) electrons. The van der Waals surface area contributed by atoms with E-state index < -0.39 is 0 Å². The van der Waals surface area contributed by atoms with E-state index in [9.17, 15) is 4.79 Å². The molecule has 0 saturated carbocycles. The molecule has 0 spiro atoms. The van der Waals surface area contributed by atoms with Crippen molar-refractivity contribution < 1.29 is 4.79 Å². The molecular formula is C10H16N4O. The zero-order chi connectivity index (χ0) is 10.7. The summed E-state index contributed by atoms with van der Waals surface area (Å²) in [6.07, 6.45) is 5.65. The lowest BCUT2D eigenvalue weighted by Gasteiger charge is -2.12. The number of rotatable bonds is 3. The molecule has 1 fully saturated rings. The highest BCUT2D eigenvalue weighted by atomic mass is 16.2. The lowest BCUT2D eigenvalue weighted by molar-refractivity contribution is 0.0787. The molecule has 15 heavy (non-hydrogen) atoms. The molecule has 0 aromatic carbocycles. The Morgan fingerprint density at radius 2 is 2.20 bits per heavy atom. The van der Waals surface area contributed by atoms with Crippen LogP contribution >= 0.6 is 0 Å². The van der Waals surface area contributed by atoms with Gasteiger partial charge in [-0.1, -0.05) is 0 Å². The van der Waals surface area contributed by atoms with Gasteiger partial charge in [-0.05, 0) is 12.8 Å². The van der Waals surface area contributed by atoms with E-state index in [1.54, 1.807) is 12.5 Å². The van der Waals surface area contributed by atoms with Crippen LogP contribution < -0.4 is 5.73 Å². The number of likely N-dealkylation sites (tertiary alicyclic amines) is 1. The van der Waals surface area contributed by atoms with Crippen LogP contribution in [-0.2, 0) is 6.54 Å². The Hall–Kier alpha value is -1.36. The van der Waals surface area contributed by atoms with Crippen LogP contribution in [0.2, 0.25) is 0 Å². The first-order valence-corrected chi connectivity index (χ1v) is 5.32. The monoisotopic (exact) mass is 208 g/mol. The third-order valence-electron chi connectivity index (χ3n) is 2.63. The minimum absolute atomic E-state index is 0.0447. The van der Waals surface area contributed by atoms with Gasteiger partial charge >= 0.3 is 0 Å². The van der Waals surface area contributed by atoms with Crippen LogP contribution in [0.15, 0.2) is 12.5 Å². The van der Waals surface area contributed by atoms with E-state index in [0.717, 1.165) is 25.9 Å². The van der Waals surface area contributed by atoms with Crippen molar-refractivity contribution >= 4 is 5.91 Å². The Balaban J connectivity index is 2.04. The number of aromatic nitrogens is 2. The van der Waals surface area contributed by atoms with E-state index in [0.29, 0.717) is 18.8 Å². The fourth-order valence-electron chi connectivity index (χ4n) is 1.82. The van der Waals surface area contributed by atoms with Crippen LogP contribution in [0.1, 0.15) is 23.3 Å².